The van der Waals surface area contributed by atoms with Crippen molar-refractivity contribution in [1.82, 2.24) is 19.3 Å². The van der Waals surface area contributed by atoms with Gasteiger partial charge in [-0.05, 0) is 36.3 Å². The first-order valence-corrected chi connectivity index (χ1v) is 10.5. The SMILES string of the molecule is C=C/C=C(\C=C(\Cl)CF)Cn1cc(OC)c(=O)nc1Nc1cc(-c2ccnn2C)ccc1C. The Bertz CT molecular complexity index is 1280. The summed E-state index contributed by atoms with van der Waals surface area (Å²) in [6, 6.07) is 7.86. The minimum atomic E-state index is -0.785. The number of methoxy groups -OCH3 is 1. The number of nitrogens with zero attached hydrogens (tertiary/aromatic N) is 4. The molecule has 0 aliphatic heterocycles. The van der Waals surface area contributed by atoms with Crippen LogP contribution in [0.15, 0.2) is 76.9 Å². The maximum atomic E-state index is 12.9. The van der Waals surface area contributed by atoms with Gasteiger partial charge in [-0.3, -0.25) is 9.48 Å². The lowest BCUT2D eigenvalue weighted by Crippen LogP contribution is -2.19. The molecule has 7 nitrogen and oxygen atoms in total. The van der Waals surface area contributed by atoms with Crippen molar-refractivity contribution in [2.45, 2.75) is 13.5 Å². The predicted molar refractivity (Wildman–Crippen MR) is 130 cm³/mol. The van der Waals surface area contributed by atoms with Crippen molar-refractivity contribution in [3.63, 3.8) is 0 Å². The highest BCUT2D eigenvalue weighted by Crippen LogP contribution is 2.27. The molecule has 1 N–H and O–H groups in total. The molecule has 0 atom stereocenters. The van der Waals surface area contributed by atoms with Crippen molar-refractivity contribution in [3.8, 4) is 17.0 Å². The lowest BCUT2D eigenvalue weighted by atomic mass is 10.1. The van der Waals surface area contributed by atoms with Crippen molar-refractivity contribution in [2.24, 2.45) is 7.05 Å². The van der Waals surface area contributed by atoms with Gasteiger partial charge in [-0.15, -0.1) is 0 Å². The zero-order valence-electron chi connectivity index (χ0n) is 18.7. The molecule has 0 aliphatic rings. The summed E-state index contributed by atoms with van der Waals surface area (Å²) in [5.41, 5.74) is 3.79. The van der Waals surface area contributed by atoms with Gasteiger partial charge in [0.15, 0.2) is 0 Å². The van der Waals surface area contributed by atoms with Crippen LogP contribution in [0.5, 0.6) is 5.75 Å². The van der Waals surface area contributed by atoms with E-state index in [0.717, 1.165) is 22.5 Å². The number of benzene rings is 1. The minimum Gasteiger partial charge on any atom is -0.490 e. The fourth-order valence-electron chi connectivity index (χ4n) is 3.26. The number of halogens is 2. The molecular formula is C24H25ClFN5O2. The van der Waals surface area contributed by atoms with Gasteiger partial charge >= 0.3 is 5.56 Å². The van der Waals surface area contributed by atoms with E-state index in [0.29, 0.717) is 11.5 Å². The van der Waals surface area contributed by atoms with Crippen LogP contribution in [0.2, 0.25) is 0 Å². The molecule has 2 aromatic heterocycles. The third-order valence-corrected chi connectivity index (χ3v) is 5.15. The summed E-state index contributed by atoms with van der Waals surface area (Å²) in [6.45, 7) is 5.11. The molecule has 2 heterocycles. The third-order valence-electron chi connectivity index (χ3n) is 4.94. The van der Waals surface area contributed by atoms with Gasteiger partial charge in [0.1, 0.15) is 6.67 Å². The van der Waals surface area contributed by atoms with Crippen LogP contribution in [-0.2, 0) is 13.6 Å². The number of nitrogens with one attached hydrogen (secondary N) is 1. The smallest absolute Gasteiger partial charge is 0.316 e. The molecule has 0 spiro atoms. The van der Waals surface area contributed by atoms with E-state index in [4.69, 9.17) is 16.3 Å². The maximum Gasteiger partial charge on any atom is 0.316 e. The van der Waals surface area contributed by atoms with Gasteiger partial charge in [0.25, 0.3) is 0 Å². The van der Waals surface area contributed by atoms with E-state index in [1.54, 1.807) is 33.8 Å². The first-order chi connectivity index (χ1) is 15.9. The number of hydrogen-bond acceptors (Lipinski definition) is 5. The van der Waals surface area contributed by atoms with Gasteiger partial charge in [0.2, 0.25) is 11.7 Å². The Balaban J connectivity index is 2.06. The van der Waals surface area contributed by atoms with Gasteiger partial charge in [-0.1, -0.05) is 42.5 Å². The molecule has 172 valence electrons. The Morgan fingerprint density at radius 1 is 1.36 bits per heavy atom. The van der Waals surface area contributed by atoms with Crippen LogP contribution in [-0.4, -0.2) is 33.1 Å². The van der Waals surface area contributed by atoms with Crippen LogP contribution in [0.3, 0.4) is 0 Å². The van der Waals surface area contributed by atoms with Crippen molar-refractivity contribution >= 4 is 23.2 Å². The highest BCUT2D eigenvalue weighted by molar-refractivity contribution is 6.29. The van der Waals surface area contributed by atoms with Crippen LogP contribution < -0.4 is 15.6 Å². The van der Waals surface area contributed by atoms with Gasteiger partial charge in [0.05, 0.1) is 25.5 Å². The van der Waals surface area contributed by atoms with E-state index in [-0.39, 0.29) is 17.3 Å². The Morgan fingerprint density at radius 3 is 2.79 bits per heavy atom. The van der Waals surface area contributed by atoms with Crippen LogP contribution in [0.4, 0.5) is 16.0 Å². The molecule has 0 saturated carbocycles. The summed E-state index contributed by atoms with van der Waals surface area (Å²) in [5.74, 6) is 0.380. The maximum absolute atomic E-state index is 12.9. The number of aryl methyl sites for hydroxylation is 2. The summed E-state index contributed by atoms with van der Waals surface area (Å²) in [7, 11) is 3.27. The molecule has 3 rings (SSSR count). The highest BCUT2D eigenvalue weighted by atomic mass is 35.5. The molecule has 0 bridgehead atoms. The first-order valence-electron chi connectivity index (χ1n) is 10.1. The molecule has 9 heteroatoms. The van der Waals surface area contributed by atoms with Crippen LogP contribution >= 0.6 is 11.6 Å². The number of hydrogen-bond donors (Lipinski definition) is 1. The normalized spacial score (nSPS) is 12.0. The number of ether oxygens (including phenoxy) is 1. The molecule has 33 heavy (non-hydrogen) atoms. The number of rotatable bonds is 9. The Hall–Kier alpha value is -3.65. The van der Waals surface area contributed by atoms with Crippen molar-refractivity contribution in [1.29, 1.82) is 0 Å². The quantitative estimate of drug-likeness (QED) is 0.451. The molecule has 0 amide bonds. The summed E-state index contributed by atoms with van der Waals surface area (Å²) >= 11 is 5.90. The molecular weight excluding hydrogens is 445 g/mol. The number of aromatic nitrogens is 4. The Morgan fingerprint density at radius 2 is 2.15 bits per heavy atom. The number of alkyl halides is 1. The van der Waals surface area contributed by atoms with Gasteiger partial charge in [0, 0.05) is 29.5 Å². The second-order valence-electron chi connectivity index (χ2n) is 7.26. The van der Waals surface area contributed by atoms with Crippen LogP contribution in [0.1, 0.15) is 5.56 Å². The highest BCUT2D eigenvalue weighted by Gasteiger charge is 2.13. The fourth-order valence-corrected chi connectivity index (χ4v) is 3.40. The summed E-state index contributed by atoms with van der Waals surface area (Å²) in [5, 5.41) is 7.53. The summed E-state index contributed by atoms with van der Waals surface area (Å²) in [6.07, 6.45) is 8.09. The molecule has 3 aromatic rings. The van der Waals surface area contributed by atoms with E-state index in [1.165, 1.54) is 13.2 Å². The zero-order chi connectivity index (χ0) is 24.0. The van der Waals surface area contributed by atoms with Crippen molar-refractivity contribution in [3.05, 3.63) is 88.0 Å². The average Bonchev–Trinajstić information content (AvgIpc) is 3.22. The second-order valence-corrected chi connectivity index (χ2v) is 7.75. The summed E-state index contributed by atoms with van der Waals surface area (Å²) < 4.78 is 21.6. The van der Waals surface area contributed by atoms with Gasteiger partial charge in [-0.25, -0.2) is 4.39 Å². The van der Waals surface area contributed by atoms with Crippen LogP contribution in [0, 0.1) is 6.92 Å². The monoisotopic (exact) mass is 469 g/mol. The molecule has 0 radical (unpaired) electrons. The van der Waals surface area contributed by atoms with E-state index in [2.05, 4.69) is 22.0 Å². The van der Waals surface area contributed by atoms with Gasteiger partial charge in [-0.2, -0.15) is 10.1 Å². The number of allylic oxidation sites excluding steroid dienone is 5. The average molecular weight is 470 g/mol. The van der Waals surface area contributed by atoms with E-state index in [1.807, 2.05) is 38.2 Å². The Labute approximate surface area is 196 Å². The van der Waals surface area contributed by atoms with Crippen molar-refractivity contribution < 1.29 is 9.13 Å². The van der Waals surface area contributed by atoms with E-state index in [9.17, 15) is 9.18 Å². The Kier molecular flexibility index (Phi) is 7.84. The lowest BCUT2D eigenvalue weighted by molar-refractivity contribution is 0.402. The van der Waals surface area contributed by atoms with Crippen molar-refractivity contribution in [2.75, 3.05) is 19.1 Å². The van der Waals surface area contributed by atoms with E-state index < -0.39 is 12.2 Å². The van der Waals surface area contributed by atoms with E-state index >= 15 is 0 Å². The molecule has 0 fully saturated rings. The molecule has 0 unspecified atom stereocenters. The largest absolute Gasteiger partial charge is 0.490 e. The summed E-state index contributed by atoms with van der Waals surface area (Å²) in [4.78, 5) is 16.6. The minimum absolute atomic E-state index is 0.0540. The predicted octanol–water partition coefficient (Wildman–Crippen LogP) is 4.91. The van der Waals surface area contributed by atoms with Crippen LogP contribution in [0.25, 0.3) is 11.3 Å². The fraction of sp³-hybridized carbons (Fsp3) is 0.208. The lowest BCUT2D eigenvalue weighted by Gasteiger charge is -2.17. The third kappa shape index (κ3) is 5.78. The molecule has 0 saturated heterocycles. The second kappa shape index (κ2) is 10.8. The zero-order valence-corrected chi connectivity index (χ0v) is 19.4. The number of anilines is 2. The molecule has 0 aliphatic carbocycles. The molecule has 1 aromatic carbocycles. The standard InChI is InChI=1S/C24H25ClFN5O2/c1-5-6-17(11-19(25)13-26)14-31-15-22(33-4)23(32)29-24(31)28-20-12-18(8-7-16(20)2)21-9-10-27-30(21)3/h5-12,15H,1,13-14H2,2-4H3,(H,28,29,32)/b17-6+,19-11+. The first kappa shape index (κ1) is 24.0. The topological polar surface area (TPSA) is 74.0 Å². The van der Waals surface area contributed by atoms with Gasteiger partial charge < -0.3 is 14.6 Å².